The monoisotopic (exact) mass is 288 g/mol. The summed E-state index contributed by atoms with van der Waals surface area (Å²) >= 11 is 3.30. The zero-order chi connectivity index (χ0) is 12.0. The Bertz CT molecular complexity index is 371. The summed E-state index contributed by atoms with van der Waals surface area (Å²) in [6, 6.07) is 4.39. The third-order valence-electron chi connectivity index (χ3n) is 1.97. The normalized spacial score (nSPS) is 9.94. The topological polar surface area (TPSA) is 41.1 Å². The SMILES string of the molecule is CCNC(=O)CCNc1cc(F)ccc1Br. The molecule has 0 saturated heterocycles. The zero-order valence-electron chi connectivity index (χ0n) is 9.02. The fourth-order valence-corrected chi connectivity index (χ4v) is 1.62. The van der Waals surface area contributed by atoms with Crippen LogP contribution < -0.4 is 10.6 Å². The molecule has 0 bridgehead atoms. The lowest BCUT2D eigenvalue weighted by Crippen LogP contribution is -2.24. The Morgan fingerprint density at radius 1 is 1.50 bits per heavy atom. The molecule has 0 fully saturated rings. The molecule has 3 nitrogen and oxygen atoms in total. The van der Waals surface area contributed by atoms with E-state index in [0.29, 0.717) is 25.2 Å². The second-order valence-electron chi connectivity index (χ2n) is 3.25. The maximum atomic E-state index is 12.9. The van der Waals surface area contributed by atoms with Crippen molar-refractivity contribution >= 4 is 27.5 Å². The lowest BCUT2D eigenvalue weighted by atomic mass is 10.3. The Hall–Kier alpha value is -1.10. The molecule has 16 heavy (non-hydrogen) atoms. The van der Waals surface area contributed by atoms with Crippen LogP contribution in [-0.4, -0.2) is 19.0 Å². The predicted molar refractivity (Wildman–Crippen MR) is 65.9 cm³/mol. The van der Waals surface area contributed by atoms with Crippen LogP contribution in [0.15, 0.2) is 22.7 Å². The zero-order valence-corrected chi connectivity index (χ0v) is 10.6. The first kappa shape index (κ1) is 13.0. The highest BCUT2D eigenvalue weighted by Crippen LogP contribution is 2.22. The number of carbonyl (C=O) groups excluding carboxylic acids is 1. The smallest absolute Gasteiger partial charge is 0.221 e. The first-order valence-corrected chi connectivity index (χ1v) is 5.88. The molecule has 0 aliphatic carbocycles. The highest BCUT2D eigenvalue weighted by Gasteiger charge is 2.02. The standard InChI is InChI=1S/C11H14BrFN2O/c1-2-14-11(16)5-6-15-10-7-8(13)3-4-9(10)12/h3-4,7,15H,2,5-6H2,1H3,(H,14,16). The number of anilines is 1. The van der Waals surface area contributed by atoms with Gasteiger partial charge in [-0.25, -0.2) is 4.39 Å². The molecule has 0 saturated carbocycles. The van der Waals surface area contributed by atoms with Crippen LogP contribution in [0, 0.1) is 5.82 Å². The fraction of sp³-hybridized carbons (Fsp3) is 0.364. The van der Waals surface area contributed by atoms with Gasteiger partial charge in [0.2, 0.25) is 5.91 Å². The van der Waals surface area contributed by atoms with E-state index in [1.165, 1.54) is 12.1 Å². The summed E-state index contributed by atoms with van der Waals surface area (Å²) in [5.41, 5.74) is 0.657. The maximum absolute atomic E-state index is 12.9. The second kappa shape index (κ2) is 6.48. The minimum atomic E-state index is -0.302. The van der Waals surface area contributed by atoms with Crippen molar-refractivity contribution in [2.24, 2.45) is 0 Å². The van der Waals surface area contributed by atoms with Crippen molar-refractivity contribution < 1.29 is 9.18 Å². The molecule has 1 rings (SSSR count). The van der Waals surface area contributed by atoms with Crippen LogP contribution in [0.25, 0.3) is 0 Å². The Morgan fingerprint density at radius 3 is 2.94 bits per heavy atom. The van der Waals surface area contributed by atoms with Crippen LogP contribution in [0.2, 0.25) is 0 Å². The summed E-state index contributed by atoms with van der Waals surface area (Å²) in [5.74, 6) is -0.314. The molecule has 0 heterocycles. The molecule has 0 atom stereocenters. The lowest BCUT2D eigenvalue weighted by molar-refractivity contribution is -0.120. The Balaban J connectivity index is 2.42. The van der Waals surface area contributed by atoms with Crippen LogP contribution in [0.5, 0.6) is 0 Å². The summed E-state index contributed by atoms with van der Waals surface area (Å²) in [5, 5.41) is 5.69. The van der Waals surface area contributed by atoms with Crippen molar-refractivity contribution in [2.75, 3.05) is 18.4 Å². The van der Waals surface area contributed by atoms with Gasteiger partial charge >= 0.3 is 0 Å². The maximum Gasteiger partial charge on any atom is 0.221 e. The number of carbonyl (C=O) groups is 1. The van der Waals surface area contributed by atoms with E-state index in [4.69, 9.17) is 0 Å². The Kier molecular flexibility index (Phi) is 5.25. The fourth-order valence-electron chi connectivity index (χ4n) is 1.23. The molecule has 0 aromatic heterocycles. The minimum Gasteiger partial charge on any atom is -0.384 e. The van der Waals surface area contributed by atoms with Crippen molar-refractivity contribution in [3.63, 3.8) is 0 Å². The van der Waals surface area contributed by atoms with Crippen molar-refractivity contribution in [2.45, 2.75) is 13.3 Å². The molecule has 0 unspecified atom stereocenters. The summed E-state index contributed by atoms with van der Waals surface area (Å²) in [4.78, 5) is 11.1. The van der Waals surface area contributed by atoms with Gasteiger partial charge in [0.1, 0.15) is 5.82 Å². The van der Waals surface area contributed by atoms with E-state index in [2.05, 4.69) is 26.6 Å². The van der Waals surface area contributed by atoms with Crippen LogP contribution in [-0.2, 0) is 4.79 Å². The van der Waals surface area contributed by atoms with Crippen LogP contribution in [0.4, 0.5) is 10.1 Å². The highest BCUT2D eigenvalue weighted by molar-refractivity contribution is 9.10. The summed E-state index contributed by atoms with van der Waals surface area (Å²) in [6.07, 6.45) is 0.372. The van der Waals surface area contributed by atoms with Gasteiger partial charge < -0.3 is 10.6 Å². The molecule has 0 spiro atoms. The summed E-state index contributed by atoms with van der Waals surface area (Å²) in [7, 11) is 0. The van der Waals surface area contributed by atoms with E-state index in [-0.39, 0.29) is 11.7 Å². The number of halogens is 2. The van der Waals surface area contributed by atoms with Crippen molar-refractivity contribution in [1.82, 2.24) is 5.32 Å². The van der Waals surface area contributed by atoms with Crippen molar-refractivity contribution in [1.29, 1.82) is 0 Å². The first-order valence-electron chi connectivity index (χ1n) is 5.09. The molecular formula is C11H14BrFN2O. The van der Waals surface area contributed by atoms with E-state index in [1.807, 2.05) is 6.92 Å². The summed E-state index contributed by atoms with van der Waals surface area (Å²) < 4.78 is 13.7. The van der Waals surface area contributed by atoms with Gasteiger partial charge in [-0.1, -0.05) is 0 Å². The van der Waals surface area contributed by atoms with E-state index in [1.54, 1.807) is 6.07 Å². The third kappa shape index (κ3) is 4.18. The highest BCUT2D eigenvalue weighted by atomic mass is 79.9. The quantitative estimate of drug-likeness (QED) is 0.874. The predicted octanol–water partition coefficient (Wildman–Crippen LogP) is 2.53. The molecule has 0 aliphatic heterocycles. The first-order chi connectivity index (χ1) is 7.63. The molecule has 0 aliphatic rings. The number of hydrogen-bond acceptors (Lipinski definition) is 2. The third-order valence-corrected chi connectivity index (χ3v) is 2.66. The van der Waals surface area contributed by atoms with E-state index in [9.17, 15) is 9.18 Å². The van der Waals surface area contributed by atoms with Gasteiger partial charge in [0, 0.05) is 24.0 Å². The molecular weight excluding hydrogens is 275 g/mol. The van der Waals surface area contributed by atoms with Crippen molar-refractivity contribution in [3.05, 3.63) is 28.5 Å². The molecule has 88 valence electrons. The second-order valence-corrected chi connectivity index (χ2v) is 4.11. The van der Waals surface area contributed by atoms with E-state index in [0.717, 1.165) is 4.47 Å². The van der Waals surface area contributed by atoms with Crippen LogP contribution >= 0.6 is 15.9 Å². The summed E-state index contributed by atoms with van der Waals surface area (Å²) in [6.45, 7) is 2.98. The number of nitrogens with one attached hydrogen (secondary N) is 2. The Labute approximate surface area is 103 Å². The van der Waals surface area contributed by atoms with Gasteiger partial charge in [-0.15, -0.1) is 0 Å². The number of benzene rings is 1. The minimum absolute atomic E-state index is 0.0116. The van der Waals surface area contributed by atoms with Crippen LogP contribution in [0.1, 0.15) is 13.3 Å². The lowest BCUT2D eigenvalue weighted by Gasteiger charge is -2.08. The molecule has 1 aromatic rings. The molecule has 1 amide bonds. The molecule has 2 N–H and O–H groups in total. The average Bonchev–Trinajstić information content (AvgIpc) is 2.23. The van der Waals surface area contributed by atoms with E-state index >= 15 is 0 Å². The van der Waals surface area contributed by atoms with Gasteiger partial charge in [0.15, 0.2) is 0 Å². The van der Waals surface area contributed by atoms with Gasteiger partial charge in [-0.3, -0.25) is 4.79 Å². The number of rotatable bonds is 5. The molecule has 5 heteroatoms. The molecule has 0 radical (unpaired) electrons. The molecule has 1 aromatic carbocycles. The van der Waals surface area contributed by atoms with E-state index < -0.39 is 0 Å². The van der Waals surface area contributed by atoms with Crippen molar-refractivity contribution in [3.8, 4) is 0 Å². The van der Waals surface area contributed by atoms with Gasteiger partial charge in [0.05, 0.1) is 5.69 Å². The van der Waals surface area contributed by atoms with Crippen LogP contribution in [0.3, 0.4) is 0 Å². The van der Waals surface area contributed by atoms with Gasteiger partial charge in [-0.05, 0) is 41.1 Å². The van der Waals surface area contributed by atoms with Gasteiger partial charge in [-0.2, -0.15) is 0 Å². The Morgan fingerprint density at radius 2 is 2.25 bits per heavy atom. The van der Waals surface area contributed by atoms with Gasteiger partial charge in [0.25, 0.3) is 0 Å². The largest absolute Gasteiger partial charge is 0.384 e. The number of amides is 1. The average molecular weight is 289 g/mol. The number of hydrogen-bond donors (Lipinski definition) is 2.